The number of nitrogens with zero attached hydrogens (tertiary/aromatic N) is 2. The van der Waals surface area contributed by atoms with E-state index in [0.717, 1.165) is 22.6 Å². The van der Waals surface area contributed by atoms with Crippen LogP contribution in [0.25, 0.3) is 5.69 Å². The van der Waals surface area contributed by atoms with Crippen LogP contribution in [0.5, 0.6) is 0 Å². The standard InChI is InChI=1S/C18H17N3OS/c1-11-3-4-12(2)16(7-11)21-18-15(9-19-21)14(8-17(22)20-18)13-5-6-23-10-13/h3-7,9-10,14H,8H2,1-2H3,(H,20,22). The Bertz CT molecular complexity index is 880. The summed E-state index contributed by atoms with van der Waals surface area (Å²) in [7, 11) is 0. The van der Waals surface area contributed by atoms with Gasteiger partial charge in [0.05, 0.1) is 11.9 Å². The smallest absolute Gasteiger partial charge is 0.226 e. The number of hydrogen-bond donors (Lipinski definition) is 1. The lowest BCUT2D eigenvalue weighted by Gasteiger charge is -2.23. The van der Waals surface area contributed by atoms with Crippen molar-refractivity contribution < 1.29 is 4.79 Å². The van der Waals surface area contributed by atoms with Crippen molar-refractivity contribution in [2.75, 3.05) is 5.32 Å². The highest BCUT2D eigenvalue weighted by Gasteiger charge is 2.30. The zero-order chi connectivity index (χ0) is 16.0. The molecule has 1 atom stereocenters. The number of rotatable bonds is 2. The Morgan fingerprint density at radius 1 is 1.30 bits per heavy atom. The highest BCUT2D eigenvalue weighted by Crippen LogP contribution is 2.39. The minimum absolute atomic E-state index is 0.0424. The van der Waals surface area contributed by atoms with Gasteiger partial charge in [0, 0.05) is 17.9 Å². The van der Waals surface area contributed by atoms with Crippen molar-refractivity contribution in [1.82, 2.24) is 9.78 Å². The zero-order valence-electron chi connectivity index (χ0n) is 13.0. The quantitative estimate of drug-likeness (QED) is 0.774. The highest BCUT2D eigenvalue weighted by molar-refractivity contribution is 7.08. The summed E-state index contributed by atoms with van der Waals surface area (Å²) in [4.78, 5) is 12.2. The average Bonchev–Trinajstić information content (AvgIpc) is 3.18. The Kier molecular flexibility index (Phi) is 3.31. The van der Waals surface area contributed by atoms with Crippen molar-refractivity contribution in [2.24, 2.45) is 0 Å². The van der Waals surface area contributed by atoms with Crippen LogP contribution in [0.3, 0.4) is 0 Å². The summed E-state index contributed by atoms with van der Waals surface area (Å²) in [5.74, 6) is 0.927. The topological polar surface area (TPSA) is 46.9 Å². The molecule has 1 N–H and O–H groups in total. The number of aryl methyl sites for hydroxylation is 2. The molecule has 1 aromatic carbocycles. The van der Waals surface area contributed by atoms with Gasteiger partial charge in [-0.2, -0.15) is 16.4 Å². The predicted molar refractivity (Wildman–Crippen MR) is 92.4 cm³/mol. The lowest BCUT2D eigenvalue weighted by atomic mass is 9.89. The monoisotopic (exact) mass is 323 g/mol. The van der Waals surface area contributed by atoms with Gasteiger partial charge in [0.15, 0.2) is 0 Å². The molecule has 3 heterocycles. The van der Waals surface area contributed by atoms with Gasteiger partial charge in [-0.05, 0) is 53.4 Å². The molecule has 116 valence electrons. The zero-order valence-corrected chi connectivity index (χ0v) is 13.9. The Hall–Kier alpha value is -2.40. The molecule has 4 rings (SSSR count). The van der Waals surface area contributed by atoms with Gasteiger partial charge in [-0.25, -0.2) is 4.68 Å². The first-order valence-corrected chi connectivity index (χ1v) is 8.55. The summed E-state index contributed by atoms with van der Waals surface area (Å²) in [6.07, 6.45) is 2.36. The number of carbonyl (C=O) groups is 1. The van der Waals surface area contributed by atoms with Crippen molar-refractivity contribution in [1.29, 1.82) is 0 Å². The predicted octanol–water partition coefficient (Wildman–Crippen LogP) is 4.02. The molecule has 1 aliphatic rings. The Labute approximate surface area is 138 Å². The van der Waals surface area contributed by atoms with E-state index in [1.165, 1.54) is 11.1 Å². The third kappa shape index (κ3) is 2.37. The minimum Gasteiger partial charge on any atom is -0.310 e. The van der Waals surface area contributed by atoms with Crippen LogP contribution in [-0.4, -0.2) is 15.7 Å². The summed E-state index contributed by atoms with van der Waals surface area (Å²) in [5, 5.41) is 11.7. The summed E-state index contributed by atoms with van der Waals surface area (Å²) < 4.78 is 1.86. The third-order valence-corrected chi connectivity index (χ3v) is 5.06. The van der Waals surface area contributed by atoms with Crippen LogP contribution in [0.1, 0.15) is 34.6 Å². The van der Waals surface area contributed by atoms with Crippen molar-refractivity contribution in [3.63, 3.8) is 0 Å². The second-order valence-corrected chi connectivity index (χ2v) is 6.79. The third-order valence-electron chi connectivity index (χ3n) is 4.36. The van der Waals surface area contributed by atoms with Crippen LogP contribution in [-0.2, 0) is 4.79 Å². The molecule has 0 fully saturated rings. The van der Waals surface area contributed by atoms with E-state index in [2.05, 4.69) is 59.3 Å². The van der Waals surface area contributed by atoms with Gasteiger partial charge in [0.25, 0.3) is 0 Å². The van der Waals surface area contributed by atoms with E-state index in [9.17, 15) is 4.79 Å². The number of carbonyl (C=O) groups excluding carboxylic acids is 1. The molecular formula is C18H17N3OS. The van der Waals surface area contributed by atoms with E-state index >= 15 is 0 Å². The average molecular weight is 323 g/mol. The van der Waals surface area contributed by atoms with E-state index in [0.29, 0.717) is 6.42 Å². The van der Waals surface area contributed by atoms with Crippen LogP contribution in [0.2, 0.25) is 0 Å². The van der Waals surface area contributed by atoms with Crippen molar-refractivity contribution in [3.05, 3.63) is 63.5 Å². The molecular weight excluding hydrogens is 306 g/mol. The second kappa shape index (κ2) is 5.35. The van der Waals surface area contributed by atoms with E-state index in [1.54, 1.807) is 11.3 Å². The van der Waals surface area contributed by atoms with Crippen LogP contribution >= 0.6 is 11.3 Å². The largest absolute Gasteiger partial charge is 0.310 e. The fraction of sp³-hybridized carbons (Fsp3) is 0.222. The van der Waals surface area contributed by atoms with Crippen LogP contribution in [0.4, 0.5) is 5.82 Å². The summed E-state index contributed by atoms with van der Waals surface area (Å²) >= 11 is 1.66. The van der Waals surface area contributed by atoms with Crippen LogP contribution in [0.15, 0.2) is 41.2 Å². The number of thiophene rings is 1. The molecule has 3 aromatic rings. The molecule has 0 bridgehead atoms. The van der Waals surface area contributed by atoms with Gasteiger partial charge in [-0.1, -0.05) is 12.1 Å². The number of fused-ring (bicyclic) bond motifs is 1. The van der Waals surface area contributed by atoms with Crippen LogP contribution < -0.4 is 5.32 Å². The van der Waals surface area contributed by atoms with Crippen LogP contribution in [0, 0.1) is 13.8 Å². The molecule has 0 spiro atoms. The van der Waals surface area contributed by atoms with Crippen molar-refractivity contribution >= 4 is 23.1 Å². The van der Waals surface area contributed by atoms with Gasteiger partial charge >= 0.3 is 0 Å². The lowest BCUT2D eigenvalue weighted by Crippen LogP contribution is -2.24. The number of hydrogen-bond acceptors (Lipinski definition) is 3. The van der Waals surface area contributed by atoms with Crippen molar-refractivity contribution in [2.45, 2.75) is 26.2 Å². The molecule has 2 aromatic heterocycles. The Morgan fingerprint density at radius 2 is 2.17 bits per heavy atom. The molecule has 1 aliphatic heterocycles. The molecule has 1 unspecified atom stereocenters. The summed E-state index contributed by atoms with van der Waals surface area (Å²) in [6, 6.07) is 8.36. The molecule has 0 aliphatic carbocycles. The number of amides is 1. The second-order valence-electron chi connectivity index (χ2n) is 6.01. The fourth-order valence-corrected chi connectivity index (χ4v) is 3.83. The number of aromatic nitrogens is 2. The lowest BCUT2D eigenvalue weighted by molar-refractivity contribution is -0.116. The Balaban J connectivity index is 1.87. The van der Waals surface area contributed by atoms with E-state index in [1.807, 2.05) is 10.9 Å². The highest BCUT2D eigenvalue weighted by atomic mass is 32.1. The Morgan fingerprint density at radius 3 is 2.96 bits per heavy atom. The molecule has 1 amide bonds. The van der Waals surface area contributed by atoms with E-state index < -0.39 is 0 Å². The molecule has 4 nitrogen and oxygen atoms in total. The molecule has 0 saturated carbocycles. The number of anilines is 1. The van der Waals surface area contributed by atoms with Gasteiger partial charge in [-0.3, -0.25) is 4.79 Å². The molecule has 5 heteroatoms. The SMILES string of the molecule is Cc1ccc(C)c(-n2ncc3c2NC(=O)CC3c2ccsc2)c1. The van der Waals surface area contributed by atoms with E-state index in [-0.39, 0.29) is 11.8 Å². The maximum absolute atomic E-state index is 12.2. The molecule has 0 saturated heterocycles. The number of benzene rings is 1. The van der Waals surface area contributed by atoms with Gasteiger partial charge in [0.1, 0.15) is 5.82 Å². The fourth-order valence-electron chi connectivity index (χ4n) is 3.12. The van der Waals surface area contributed by atoms with Gasteiger partial charge in [-0.15, -0.1) is 0 Å². The number of nitrogens with one attached hydrogen (secondary N) is 1. The maximum atomic E-state index is 12.2. The minimum atomic E-state index is 0.0424. The van der Waals surface area contributed by atoms with Gasteiger partial charge < -0.3 is 5.32 Å². The summed E-state index contributed by atoms with van der Waals surface area (Å²) in [6.45, 7) is 4.12. The molecule has 23 heavy (non-hydrogen) atoms. The van der Waals surface area contributed by atoms with Gasteiger partial charge in [0.2, 0.25) is 5.91 Å². The first kappa shape index (κ1) is 14.2. The van der Waals surface area contributed by atoms with Crippen molar-refractivity contribution in [3.8, 4) is 5.69 Å². The molecule has 0 radical (unpaired) electrons. The summed E-state index contributed by atoms with van der Waals surface area (Å²) in [5.41, 5.74) is 5.59. The normalized spacial score (nSPS) is 17.0. The van der Waals surface area contributed by atoms with E-state index in [4.69, 9.17) is 0 Å². The first-order valence-electron chi connectivity index (χ1n) is 7.61. The maximum Gasteiger partial charge on any atom is 0.226 e. The first-order chi connectivity index (χ1) is 11.1.